The quantitative estimate of drug-likeness (QED) is 0.398. The molecular formula is C20H28N4O4. The zero-order valence-electron chi connectivity index (χ0n) is 16.7. The summed E-state index contributed by atoms with van der Waals surface area (Å²) in [6.45, 7) is 5.85. The van der Waals surface area contributed by atoms with Gasteiger partial charge >= 0.3 is 0 Å². The first kappa shape index (κ1) is 21.6. The van der Waals surface area contributed by atoms with Crippen LogP contribution in [-0.2, 0) is 19.8 Å². The van der Waals surface area contributed by atoms with Gasteiger partial charge in [0, 0.05) is 25.6 Å². The number of fused-ring (bicyclic) bond motifs is 1. The predicted molar refractivity (Wildman–Crippen MR) is 105 cm³/mol. The first-order valence-corrected chi connectivity index (χ1v) is 9.36. The Balaban J connectivity index is 2.34. The number of carbonyl (C=O) groups is 3. The molecule has 152 valence electrons. The Hall–Kier alpha value is -2.74. The third kappa shape index (κ3) is 4.39. The third-order valence-corrected chi connectivity index (χ3v) is 4.99. The number of benzene rings is 1. The molecule has 0 aromatic heterocycles. The van der Waals surface area contributed by atoms with Crippen LogP contribution in [0.1, 0.15) is 39.2 Å². The maximum atomic E-state index is 12.6. The minimum absolute atomic E-state index is 0.0697. The number of hydroxylamine groups is 1. The maximum absolute atomic E-state index is 12.6. The van der Waals surface area contributed by atoms with Crippen molar-refractivity contribution in [2.75, 3.05) is 7.05 Å². The van der Waals surface area contributed by atoms with Crippen LogP contribution >= 0.6 is 0 Å². The molecule has 1 aromatic rings. The number of nitrogens with zero attached hydrogens (tertiary/aromatic N) is 1. The zero-order valence-corrected chi connectivity index (χ0v) is 16.7. The predicted octanol–water partition coefficient (Wildman–Crippen LogP) is 1.45. The van der Waals surface area contributed by atoms with Crippen molar-refractivity contribution in [2.45, 2.75) is 45.1 Å². The highest BCUT2D eigenvalue weighted by Gasteiger charge is 2.46. The third-order valence-electron chi connectivity index (χ3n) is 4.99. The van der Waals surface area contributed by atoms with Crippen LogP contribution in [0.5, 0.6) is 0 Å². The molecule has 0 saturated carbocycles. The number of hydrogen-bond acceptors (Lipinski definition) is 5. The summed E-state index contributed by atoms with van der Waals surface area (Å²) >= 11 is 0. The fourth-order valence-electron chi connectivity index (χ4n) is 3.58. The largest absolute Gasteiger partial charge is 0.357 e. The van der Waals surface area contributed by atoms with E-state index < -0.39 is 23.3 Å². The molecule has 2 rings (SSSR count). The number of para-hydroxylation sites is 1. The van der Waals surface area contributed by atoms with Gasteiger partial charge in [-0.15, -0.1) is 0 Å². The van der Waals surface area contributed by atoms with E-state index in [4.69, 9.17) is 0 Å². The number of likely N-dealkylation sites (N-methyl/N-ethyl adjacent to an activating group) is 1. The van der Waals surface area contributed by atoms with E-state index in [2.05, 4.69) is 15.6 Å². The van der Waals surface area contributed by atoms with Gasteiger partial charge in [-0.25, -0.2) is 5.48 Å². The van der Waals surface area contributed by atoms with Crippen molar-refractivity contribution in [1.82, 2.24) is 16.1 Å². The van der Waals surface area contributed by atoms with Crippen LogP contribution in [-0.4, -0.2) is 42.2 Å². The van der Waals surface area contributed by atoms with Gasteiger partial charge in [0.1, 0.15) is 11.5 Å². The lowest BCUT2D eigenvalue weighted by atomic mass is 9.76. The number of nitrogens with one attached hydrogen (secondary N) is 3. The number of amides is 3. The first-order valence-electron chi connectivity index (χ1n) is 9.36. The summed E-state index contributed by atoms with van der Waals surface area (Å²) in [5, 5.41) is 14.6. The molecule has 0 bridgehead atoms. The normalized spacial score (nSPS) is 19.6. The van der Waals surface area contributed by atoms with Gasteiger partial charge in [0.05, 0.1) is 5.69 Å². The van der Waals surface area contributed by atoms with E-state index >= 15 is 0 Å². The molecule has 8 heteroatoms. The van der Waals surface area contributed by atoms with Gasteiger partial charge < -0.3 is 10.6 Å². The second-order valence-electron chi connectivity index (χ2n) is 7.60. The molecule has 0 saturated heterocycles. The number of rotatable bonds is 8. The van der Waals surface area contributed by atoms with E-state index in [0.29, 0.717) is 23.6 Å². The monoisotopic (exact) mass is 388 g/mol. The molecule has 0 fully saturated rings. The molecule has 0 spiro atoms. The Kier molecular flexibility index (Phi) is 6.90. The Morgan fingerprint density at radius 3 is 2.43 bits per heavy atom. The van der Waals surface area contributed by atoms with E-state index in [1.165, 1.54) is 13.3 Å². The lowest BCUT2D eigenvalue weighted by molar-refractivity contribution is -0.135. The Morgan fingerprint density at radius 1 is 1.14 bits per heavy atom. The van der Waals surface area contributed by atoms with Crippen LogP contribution in [0.4, 0.5) is 5.69 Å². The first-order chi connectivity index (χ1) is 13.2. The van der Waals surface area contributed by atoms with Gasteiger partial charge in [-0.2, -0.15) is 0 Å². The van der Waals surface area contributed by atoms with Crippen LogP contribution in [0.15, 0.2) is 29.3 Å². The van der Waals surface area contributed by atoms with E-state index in [0.717, 1.165) is 0 Å². The summed E-state index contributed by atoms with van der Waals surface area (Å²) in [4.78, 5) is 42.0. The van der Waals surface area contributed by atoms with Gasteiger partial charge in [-0.05, 0) is 24.0 Å². The molecule has 3 atom stereocenters. The Bertz CT molecular complexity index is 777. The zero-order chi connectivity index (χ0) is 20.9. The van der Waals surface area contributed by atoms with Gasteiger partial charge in [-0.1, -0.05) is 39.0 Å². The van der Waals surface area contributed by atoms with E-state index in [-0.39, 0.29) is 18.2 Å². The summed E-state index contributed by atoms with van der Waals surface area (Å²) in [7, 11) is 1.47. The standard InChI is InChI=1S/C20H28N4O4/c1-12(2)9-13(3)17(25)23-16(18(26)21-4)10-20(19(27)24-28)11-22-15-8-6-5-7-14(15)20/h5-8,11-13,16,28H,9-10H2,1-4H3,(H,21,26)(H,23,25)(H,24,27)/t13-,16+,20?/m1/s1. The van der Waals surface area contributed by atoms with Crippen LogP contribution in [0.2, 0.25) is 0 Å². The molecule has 3 amide bonds. The topological polar surface area (TPSA) is 120 Å². The molecular weight excluding hydrogens is 360 g/mol. The van der Waals surface area contributed by atoms with Crippen molar-refractivity contribution >= 4 is 29.6 Å². The summed E-state index contributed by atoms with van der Waals surface area (Å²) in [5.41, 5.74) is 1.47. The lowest BCUT2D eigenvalue weighted by Crippen LogP contribution is -2.54. The van der Waals surface area contributed by atoms with Crippen LogP contribution in [0.25, 0.3) is 0 Å². The van der Waals surface area contributed by atoms with Crippen LogP contribution < -0.4 is 16.1 Å². The highest BCUT2D eigenvalue weighted by atomic mass is 16.5. The molecule has 4 N–H and O–H groups in total. The van der Waals surface area contributed by atoms with Crippen molar-refractivity contribution in [2.24, 2.45) is 16.8 Å². The molecule has 28 heavy (non-hydrogen) atoms. The van der Waals surface area contributed by atoms with Crippen molar-refractivity contribution in [3.63, 3.8) is 0 Å². The summed E-state index contributed by atoms with van der Waals surface area (Å²) in [6.07, 6.45) is 2.03. The van der Waals surface area contributed by atoms with Gasteiger partial charge in [0.25, 0.3) is 5.91 Å². The molecule has 1 heterocycles. The molecule has 1 aliphatic heterocycles. The SMILES string of the molecule is CNC(=O)[C@H](CC1(C(=O)NO)C=Nc2ccccc21)NC(=O)[C@H](C)CC(C)C. The second kappa shape index (κ2) is 8.97. The maximum Gasteiger partial charge on any atom is 0.259 e. The van der Waals surface area contributed by atoms with Crippen LogP contribution in [0, 0.1) is 11.8 Å². The van der Waals surface area contributed by atoms with Gasteiger partial charge in [0.15, 0.2) is 0 Å². The molecule has 0 radical (unpaired) electrons. The lowest BCUT2D eigenvalue weighted by Gasteiger charge is -2.30. The smallest absolute Gasteiger partial charge is 0.259 e. The van der Waals surface area contributed by atoms with Gasteiger partial charge in [0.2, 0.25) is 11.8 Å². The highest BCUT2D eigenvalue weighted by Crippen LogP contribution is 2.40. The van der Waals surface area contributed by atoms with E-state index in [9.17, 15) is 19.6 Å². The summed E-state index contributed by atoms with van der Waals surface area (Å²) < 4.78 is 0. The fraction of sp³-hybridized carbons (Fsp3) is 0.500. The molecule has 1 aliphatic rings. The summed E-state index contributed by atoms with van der Waals surface area (Å²) in [6, 6.07) is 6.04. The van der Waals surface area contributed by atoms with E-state index in [1.54, 1.807) is 36.7 Å². The van der Waals surface area contributed by atoms with Crippen molar-refractivity contribution < 1.29 is 19.6 Å². The average Bonchev–Trinajstić information content (AvgIpc) is 3.05. The fourth-order valence-corrected chi connectivity index (χ4v) is 3.58. The number of aliphatic imine (C=N–C) groups is 1. The van der Waals surface area contributed by atoms with Crippen molar-refractivity contribution in [3.05, 3.63) is 29.8 Å². The van der Waals surface area contributed by atoms with Crippen molar-refractivity contribution in [3.8, 4) is 0 Å². The Labute approximate surface area is 164 Å². The van der Waals surface area contributed by atoms with E-state index in [1.807, 2.05) is 13.8 Å². The average molecular weight is 388 g/mol. The molecule has 8 nitrogen and oxygen atoms in total. The van der Waals surface area contributed by atoms with Crippen molar-refractivity contribution in [1.29, 1.82) is 0 Å². The Morgan fingerprint density at radius 2 is 1.82 bits per heavy atom. The second-order valence-corrected chi connectivity index (χ2v) is 7.60. The highest BCUT2D eigenvalue weighted by molar-refractivity contribution is 6.09. The molecule has 0 aliphatic carbocycles. The number of hydrogen-bond donors (Lipinski definition) is 4. The summed E-state index contributed by atoms with van der Waals surface area (Å²) in [5.74, 6) is -1.34. The van der Waals surface area contributed by atoms with Gasteiger partial charge in [-0.3, -0.25) is 24.6 Å². The molecule has 1 unspecified atom stereocenters. The minimum atomic E-state index is -1.36. The minimum Gasteiger partial charge on any atom is -0.357 e. The van der Waals surface area contributed by atoms with Crippen LogP contribution in [0.3, 0.4) is 0 Å². The molecule has 1 aromatic carbocycles. The number of carbonyl (C=O) groups excluding carboxylic acids is 3.